The normalized spacial score (nSPS) is 10.7. The number of aromatic nitrogens is 1. The van der Waals surface area contributed by atoms with Gasteiger partial charge in [0.25, 0.3) is 0 Å². The number of pyridine rings is 1. The summed E-state index contributed by atoms with van der Waals surface area (Å²) in [5.41, 5.74) is 5.05. The monoisotopic (exact) mass is 278 g/mol. The van der Waals surface area contributed by atoms with Crippen LogP contribution in [0.15, 0.2) is 48.1 Å². The van der Waals surface area contributed by atoms with Crippen molar-refractivity contribution >= 4 is 23.3 Å². The molecule has 2 heterocycles. The standard InChI is InChI=1S/C7H9N3O2S.C5H5N/c8-7(9)10-5(6(11)12)4-2-1-3-13-4;1-2-4-6-5-3-1/h1-3,5H,(H,11,12)(H4,8,9,10);1-5H. The molecule has 0 fully saturated rings. The molecule has 7 heteroatoms. The van der Waals surface area contributed by atoms with Gasteiger partial charge in [-0.15, -0.1) is 11.3 Å². The highest BCUT2D eigenvalue weighted by molar-refractivity contribution is 7.10. The minimum absolute atomic E-state index is 0.346. The van der Waals surface area contributed by atoms with Gasteiger partial charge in [0, 0.05) is 17.3 Å². The molecule has 0 saturated carbocycles. The minimum Gasteiger partial charge on any atom is -0.479 e. The number of nitrogens with one attached hydrogen (secondary N) is 2. The van der Waals surface area contributed by atoms with Gasteiger partial charge in [0.05, 0.1) is 0 Å². The van der Waals surface area contributed by atoms with Crippen LogP contribution >= 0.6 is 11.3 Å². The summed E-state index contributed by atoms with van der Waals surface area (Å²) < 4.78 is 0. The average molecular weight is 278 g/mol. The van der Waals surface area contributed by atoms with Gasteiger partial charge in [-0.05, 0) is 23.6 Å². The highest BCUT2D eigenvalue weighted by Gasteiger charge is 2.20. The molecule has 0 aliphatic carbocycles. The van der Waals surface area contributed by atoms with Crippen LogP contribution in [-0.4, -0.2) is 22.0 Å². The predicted octanol–water partition coefficient (Wildman–Crippen LogP) is 1.44. The van der Waals surface area contributed by atoms with Gasteiger partial charge in [0.15, 0.2) is 12.0 Å². The molecule has 19 heavy (non-hydrogen) atoms. The van der Waals surface area contributed by atoms with Gasteiger partial charge in [-0.2, -0.15) is 0 Å². The smallest absolute Gasteiger partial charge is 0.331 e. The average Bonchev–Trinajstić information content (AvgIpc) is 2.92. The number of aliphatic carboxylic acids is 1. The van der Waals surface area contributed by atoms with E-state index in [4.69, 9.17) is 16.2 Å². The summed E-state index contributed by atoms with van der Waals surface area (Å²) in [6.07, 6.45) is 3.50. The molecule has 0 amide bonds. The maximum absolute atomic E-state index is 10.7. The van der Waals surface area contributed by atoms with Crippen LogP contribution in [0.4, 0.5) is 0 Å². The first kappa shape index (κ1) is 14.7. The fourth-order valence-corrected chi connectivity index (χ4v) is 1.95. The van der Waals surface area contributed by atoms with E-state index in [2.05, 4.69) is 10.3 Å². The Balaban J connectivity index is 0.000000250. The van der Waals surface area contributed by atoms with Crippen molar-refractivity contribution in [2.75, 3.05) is 0 Å². The molecular formula is C12H14N4O2S. The number of nitrogens with two attached hydrogens (primary N) is 1. The number of carboxylic acid groups (broad SMARTS) is 1. The highest BCUT2D eigenvalue weighted by Crippen LogP contribution is 2.18. The molecule has 2 rings (SSSR count). The van der Waals surface area contributed by atoms with Crippen LogP contribution in [0.3, 0.4) is 0 Å². The molecule has 1 unspecified atom stereocenters. The number of carbonyl (C=O) groups is 1. The summed E-state index contributed by atoms with van der Waals surface area (Å²) in [6, 6.07) is 8.22. The Morgan fingerprint density at radius 3 is 2.37 bits per heavy atom. The van der Waals surface area contributed by atoms with Crippen LogP contribution in [0.25, 0.3) is 0 Å². The van der Waals surface area contributed by atoms with Gasteiger partial charge in [0.1, 0.15) is 0 Å². The van der Waals surface area contributed by atoms with Crippen molar-refractivity contribution in [3.05, 3.63) is 53.0 Å². The van der Waals surface area contributed by atoms with Crippen molar-refractivity contribution in [3.63, 3.8) is 0 Å². The van der Waals surface area contributed by atoms with E-state index in [1.165, 1.54) is 11.3 Å². The zero-order valence-corrected chi connectivity index (χ0v) is 10.8. The van der Waals surface area contributed by atoms with Gasteiger partial charge in [-0.25, -0.2) is 4.79 Å². The summed E-state index contributed by atoms with van der Waals surface area (Å²) in [5.74, 6) is -1.39. The molecule has 100 valence electrons. The summed E-state index contributed by atoms with van der Waals surface area (Å²) in [4.78, 5) is 15.1. The van der Waals surface area contributed by atoms with E-state index in [0.717, 1.165) is 0 Å². The quantitative estimate of drug-likeness (QED) is 0.501. The van der Waals surface area contributed by atoms with Gasteiger partial charge < -0.3 is 16.2 Å². The lowest BCUT2D eigenvalue weighted by molar-refractivity contribution is -0.139. The lowest BCUT2D eigenvalue weighted by Gasteiger charge is -2.11. The van der Waals surface area contributed by atoms with Gasteiger partial charge in [0.2, 0.25) is 0 Å². The molecule has 0 aliphatic rings. The van der Waals surface area contributed by atoms with Crippen molar-refractivity contribution in [1.29, 1.82) is 5.41 Å². The van der Waals surface area contributed by atoms with Crippen molar-refractivity contribution < 1.29 is 9.90 Å². The molecule has 2 aromatic rings. The fourth-order valence-electron chi connectivity index (χ4n) is 1.18. The zero-order chi connectivity index (χ0) is 14.1. The van der Waals surface area contributed by atoms with E-state index in [1.54, 1.807) is 29.9 Å². The largest absolute Gasteiger partial charge is 0.479 e. The van der Waals surface area contributed by atoms with Gasteiger partial charge >= 0.3 is 5.97 Å². The molecule has 0 saturated heterocycles. The van der Waals surface area contributed by atoms with E-state index in [9.17, 15) is 4.79 Å². The first-order valence-electron chi connectivity index (χ1n) is 5.33. The summed E-state index contributed by atoms with van der Waals surface area (Å²) >= 11 is 1.31. The zero-order valence-electron chi connectivity index (χ0n) is 9.98. The Kier molecular flexibility index (Phi) is 6.04. The molecule has 0 spiro atoms. The van der Waals surface area contributed by atoms with E-state index in [-0.39, 0.29) is 5.96 Å². The van der Waals surface area contributed by atoms with Crippen molar-refractivity contribution in [2.24, 2.45) is 5.73 Å². The van der Waals surface area contributed by atoms with Crippen molar-refractivity contribution in [3.8, 4) is 0 Å². The Hall–Kier alpha value is -2.41. The van der Waals surface area contributed by atoms with Gasteiger partial charge in [-0.1, -0.05) is 12.1 Å². The number of nitrogens with zero attached hydrogens (tertiary/aromatic N) is 1. The number of guanidine groups is 1. The third-order valence-corrected chi connectivity index (χ3v) is 2.88. The van der Waals surface area contributed by atoms with Gasteiger partial charge in [-0.3, -0.25) is 10.4 Å². The molecular weight excluding hydrogens is 264 g/mol. The second kappa shape index (κ2) is 7.83. The predicted molar refractivity (Wildman–Crippen MR) is 74.0 cm³/mol. The Labute approximate surface area is 114 Å². The van der Waals surface area contributed by atoms with E-state index in [1.807, 2.05) is 18.2 Å². The lowest BCUT2D eigenvalue weighted by atomic mass is 10.2. The Morgan fingerprint density at radius 1 is 1.37 bits per heavy atom. The lowest BCUT2D eigenvalue weighted by Crippen LogP contribution is -2.37. The molecule has 1 atom stereocenters. The van der Waals surface area contributed by atoms with E-state index in [0.29, 0.717) is 4.88 Å². The van der Waals surface area contributed by atoms with Crippen LogP contribution in [0.1, 0.15) is 10.9 Å². The number of thiophene rings is 1. The highest BCUT2D eigenvalue weighted by atomic mass is 32.1. The van der Waals surface area contributed by atoms with Crippen LogP contribution in [0.2, 0.25) is 0 Å². The first-order chi connectivity index (χ1) is 9.11. The van der Waals surface area contributed by atoms with E-state index >= 15 is 0 Å². The molecule has 0 aliphatic heterocycles. The summed E-state index contributed by atoms with van der Waals surface area (Å²) in [6.45, 7) is 0. The van der Waals surface area contributed by atoms with E-state index < -0.39 is 12.0 Å². The number of carboxylic acids is 1. The maximum atomic E-state index is 10.7. The van der Waals surface area contributed by atoms with Crippen molar-refractivity contribution in [1.82, 2.24) is 10.3 Å². The summed E-state index contributed by atoms with van der Waals surface area (Å²) in [7, 11) is 0. The minimum atomic E-state index is -1.04. The molecule has 0 radical (unpaired) electrons. The van der Waals surface area contributed by atoms with Crippen LogP contribution in [0, 0.1) is 5.41 Å². The fraction of sp³-hybridized carbons (Fsp3) is 0.0833. The van der Waals surface area contributed by atoms with Crippen LogP contribution < -0.4 is 11.1 Å². The number of hydrogen-bond donors (Lipinski definition) is 4. The number of hydrogen-bond acceptors (Lipinski definition) is 4. The topological polar surface area (TPSA) is 112 Å². The third-order valence-electron chi connectivity index (χ3n) is 1.94. The van der Waals surface area contributed by atoms with Crippen LogP contribution in [-0.2, 0) is 4.79 Å². The third kappa shape index (κ3) is 5.64. The first-order valence-corrected chi connectivity index (χ1v) is 6.21. The molecule has 6 nitrogen and oxygen atoms in total. The van der Waals surface area contributed by atoms with Crippen molar-refractivity contribution in [2.45, 2.75) is 6.04 Å². The Morgan fingerprint density at radius 2 is 2.05 bits per heavy atom. The summed E-state index contributed by atoms with van der Waals surface area (Å²) in [5, 5.41) is 19.8. The second-order valence-electron chi connectivity index (χ2n) is 3.37. The number of rotatable bonds is 3. The van der Waals surface area contributed by atoms with Crippen LogP contribution in [0.5, 0.6) is 0 Å². The Bertz CT molecular complexity index is 475. The molecule has 5 N–H and O–H groups in total. The molecule has 0 aromatic carbocycles. The second-order valence-corrected chi connectivity index (χ2v) is 4.35. The molecule has 2 aromatic heterocycles. The molecule has 0 bridgehead atoms. The maximum Gasteiger partial charge on any atom is 0.331 e. The SMILES string of the molecule is N=C(N)NC(C(=O)O)c1cccs1.c1ccncc1.